The number of carbonyl (C=O) groups is 1. The van der Waals surface area contributed by atoms with E-state index in [0.717, 1.165) is 5.56 Å². The van der Waals surface area contributed by atoms with Crippen LogP contribution in [0.3, 0.4) is 0 Å². The smallest absolute Gasteiger partial charge is 0.228 e. The van der Waals surface area contributed by atoms with Crippen molar-refractivity contribution >= 4 is 34.8 Å². The first-order chi connectivity index (χ1) is 9.88. The van der Waals surface area contributed by atoms with Gasteiger partial charge in [-0.25, -0.2) is 0 Å². The number of hydrogen-bond donors (Lipinski definition) is 2. The first-order valence-electron chi connectivity index (χ1n) is 6.38. The minimum Gasteiger partial charge on any atom is -0.493 e. The van der Waals surface area contributed by atoms with Crippen LogP contribution < -0.4 is 20.1 Å². The van der Waals surface area contributed by atoms with Gasteiger partial charge in [0.25, 0.3) is 0 Å². The standard InChI is InChI=1S/C14H19ClN2O3S/c1-8(2)13(18)17-14(21)16-7-9-5-11(19-3)12(20-4)6-10(9)15/h5-6,8H,7H2,1-4H3,(H2,16,17,18,21). The van der Waals surface area contributed by atoms with Crippen molar-refractivity contribution in [1.29, 1.82) is 0 Å². The van der Waals surface area contributed by atoms with Gasteiger partial charge in [0.15, 0.2) is 16.6 Å². The minimum atomic E-state index is -0.133. The molecule has 0 aliphatic heterocycles. The number of ether oxygens (including phenoxy) is 2. The van der Waals surface area contributed by atoms with Gasteiger partial charge in [0, 0.05) is 23.6 Å². The van der Waals surface area contributed by atoms with Crippen LogP contribution in [0.25, 0.3) is 0 Å². The lowest BCUT2D eigenvalue weighted by Gasteiger charge is -2.14. The lowest BCUT2D eigenvalue weighted by Crippen LogP contribution is -2.40. The fourth-order valence-corrected chi connectivity index (χ4v) is 1.90. The zero-order valence-electron chi connectivity index (χ0n) is 12.5. The Balaban J connectivity index is 2.71. The van der Waals surface area contributed by atoms with E-state index in [1.807, 2.05) is 0 Å². The highest BCUT2D eigenvalue weighted by atomic mass is 35.5. The Morgan fingerprint density at radius 1 is 1.29 bits per heavy atom. The van der Waals surface area contributed by atoms with Gasteiger partial charge in [-0.3, -0.25) is 4.79 Å². The third kappa shape index (κ3) is 5.06. The van der Waals surface area contributed by atoms with E-state index in [1.165, 1.54) is 0 Å². The third-order valence-electron chi connectivity index (χ3n) is 2.75. The molecule has 5 nitrogen and oxygen atoms in total. The summed E-state index contributed by atoms with van der Waals surface area (Å²) in [5.41, 5.74) is 0.787. The van der Waals surface area contributed by atoms with Crippen LogP contribution in [0.5, 0.6) is 11.5 Å². The summed E-state index contributed by atoms with van der Waals surface area (Å²) in [6.45, 7) is 3.96. The normalized spacial score (nSPS) is 10.2. The molecule has 21 heavy (non-hydrogen) atoms. The zero-order valence-corrected chi connectivity index (χ0v) is 14.0. The van der Waals surface area contributed by atoms with Crippen LogP contribution in [0.15, 0.2) is 12.1 Å². The van der Waals surface area contributed by atoms with Crippen molar-refractivity contribution < 1.29 is 14.3 Å². The van der Waals surface area contributed by atoms with Gasteiger partial charge >= 0.3 is 0 Å². The molecule has 0 aliphatic carbocycles. The summed E-state index contributed by atoms with van der Waals surface area (Å²) in [5.74, 6) is 0.873. The predicted octanol–water partition coefficient (Wildman–Crippen LogP) is 2.50. The molecule has 7 heteroatoms. The van der Waals surface area contributed by atoms with E-state index < -0.39 is 0 Å². The van der Waals surface area contributed by atoms with Crippen LogP contribution in [0.2, 0.25) is 5.02 Å². The van der Waals surface area contributed by atoms with Gasteiger partial charge in [-0.05, 0) is 23.8 Å². The van der Waals surface area contributed by atoms with Crippen LogP contribution in [0.1, 0.15) is 19.4 Å². The molecule has 1 amide bonds. The van der Waals surface area contributed by atoms with Crippen LogP contribution in [-0.4, -0.2) is 25.2 Å². The molecule has 0 spiro atoms. The quantitative estimate of drug-likeness (QED) is 0.812. The van der Waals surface area contributed by atoms with Crippen molar-refractivity contribution in [2.24, 2.45) is 5.92 Å². The maximum absolute atomic E-state index is 11.5. The average Bonchev–Trinajstić information content (AvgIpc) is 2.45. The van der Waals surface area contributed by atoms with Gasteiger partial charge in [0.2, 0.25) is 5.91 Å². The molecule has 2 N–H and O–H groups in total. The number of thiocarbonyl (C=S) groups is 1. The topological polar surface area (TPSA) is 59.6 Å². The molecule has 0 atom stereocenters. The highest BCUT2D eigenvalue weighted by Crippen LogP contribution is 2.32. The zero-order chi connectivity index (χ0) is 16.0. The number of amides is 1. The van der Waals surface area contributed by atoms with Gasteiger partial charge in [-0.1, -0.05) is 25.4 Å². The van der Waals surface area contributed by atoms with Crippen molar-refractivity contribution in [3.63, 3.8) is 0 Å². The number of benzene rings is 1. The molecule has 0 aromatic heterocycles. The molecular weight excluding hydrogens is 312 g/mol. The van der Waals surface area contributed by atoms with Crippen molar-refractivity contribution in [2.45, 2.75) is 20.4 Å². The second kappa shape index (κ2) is 8.05. The number of rotatable bonds is 5. The maximum atomic E-state index is 11.5. The summed E-state index contributed by atoms with van der Waals surface area (Å²) >= 11 is 11.2. The summed E-state index contributed by atoms with van der Waals surface area (Å²) < 4.78 is 10.4. The Kier molecular flexibility index (Phi) is 6.71. The summed E-state index contributed by atoms with van der Waals surface area (Å²) in [6.07, 6.45) is 0. The molecule has 1 aromatic rings. The molecule has 0 heterocycles. The molecule has 0 radical (unpaired) electrons. The molecule has 0 fully saturated rings. The SMILES string of the molecule is COc1cc(Cl)c(CNC(=S)NC(=O)C(C)C)cc1OC. The van der Waals surface area contributed by atoms with Crippen molar-refractivity contribution in [3.05, 3.63) is 22.7 Å². The molecule has 0 bridgehead atoms. The molecule has 0 saturated heterocycles. The van der Waals surface area contributed by atoms with E-state index in [-0.39, 0.29) is 16.9 Å². The lowest BCUT2D eigenvalue weighted by molar-refractivity contribution is -0.122. The monoisotopic (exact) mass is 330 g/mol. The van der Waals surface area contributed by atoms with E-state index in [2.05, 4.69) is 10.6 Å². The Hall–Kier alpha value is -1.53. The Labute approximate surface area is 135 Å². The van der Waals surface area contributed by atoms with Crippen molar-refractivity contribution in [2.75, 3.05) is 14.2 Å². The molecule has 0 saturated carbocycles. The number of nitrogens with one attached hydrogen (secondary N) is 2. The van der Waals surface area contributed by atoms with Crippen LogP contribution >= 0.6 is 23.8 Å². The summed E-state index contributed by atoms with van der Waals surface area (Å²) in [7, 11) is 3.10. The van der Waals surface area contributed by atoms with Gasteiger partial charge in [-0.15, -0.1) is 0 Å². The largest absolute Gasteiger partial charge is 0.493 e. The fourth-order valence-electron chi connectivity index (χ4n) is 1.51. The molecule has 1 aromatic carbocycles. The number of carbonyl (C=O) groups excluding carboxylic acids is 1. The van der Waals surface area contributed by atoms with Gasteiger partial charge in [-0.2, -0.15) is 0 Å². The van der Waals surface area contributed by atoms with Crippen LogP contribution in [0, 0.1) is 5.92 Å². The van der Waals surface area contributed by atoms with E-state index in [9.17, 15) is 4.79 Å². The lowest BCUT2D eigenvalue weighted by atomic mass is 10.2. The first kappa shape index (κ1) is 17.5. The summed E-state index contributed by atoms with van der Waals surface area (Å²) in [6, 6.07) is 3.44. The Morgan fingerprint density at radius 2 is 1.86 bits per heavy atom. The second-order valence-electron chi connectivity index (χ2n) is 4.63. The number of halogens is 1. The molecule has 116 valence electrons. The highest BCUT2D eigenvalue weighted by molar-refractivity contribution is 7.80. The average molecular weight is 331 g/mol. The highest BCUT2D eigenvalue weighted by Gasteiger charge is 2.12. The molecule has 0 unspecified atom stereocenters. The van der Waals surface area contributed by atoms with Gasteiger partial charge in [0.1, 0.15) is 0 Å². The van der Waals surface area contributed by atoms with E-state index in [4.69, 9.17) is 33.3 Å². The van der Waals surface area contributed by atoms with Crippen molar-refractivity contribution in [3.8, 4) is 11.5 Å². The third-order valence-corrected chi connectivity index (χ3v) is 3.35. The van der Waals surface area contributed by atoms with Gasteiger partial charge < -0.3 is 20.1 Å². The number of hydrogen-bond acceptors (Lipinski definition) is 4. The van der Waals surface area contributed by atoms with Crippen LogP contribution in [0.4, 0.5) is 0 Å². The van der Waals surface area contributed by atoms with Crippen molar-refractivity contribution in [1.82, 2.24) is 10.6 Å². The van der Waals surface area contributed by atoms with E-state index in [1.54, 1.807) is 40.2 Å². The molecular formula is C14H19ClN2O3S. The summed E-state index contributed by atoms with van der Waals surface area (Å²) in [5, 5.41) is 6.33. The number of methoxy groups -OCH3 is 2. The minimum absolute atomic E-state index is 0.130. The fraction of sp³-hybridized carbons (Fsp3) is 0.429. The van der Waals surface area contributed by atoms with Crippen LogP contribution in [-0.2, 0) is 11.3 Å². The van der Waals surface area contributed by atoms with E-state index in [0.29, 0.717) is 23.1 Å². The maximum Gasteiger partial charge on any atom is 0.228 e. The van der Waals surface area contributed by atoms with E-state index >= 15 is 0 Å². The molecule has 0 aliphatic rings. The second-order valence-corrected chi connectivity index (χ2v) is 5.44. The summed E-state index contributed by atoms with van der Waals surface area (Å²) in [4.78, 5) is 11.5. The molecule has 1 rings (SSSR count). The first-order valence-corrected chi connectivity index (χ1v) is 7.16. The Morgan fingerprint density at radius 3 is 2.38 bits per heavy atom. The predicted molar refractivity (Wildman–Crippen MR) is 87.0 cm³/mol. The Bertz CT molecular complexity index is 535. The van der Waals surface area contributed by atoms with Gasteiger partial charge in [0.05, 0.1) is 14.2 Å².